The van der Waals surface area contributed by atoms with Crippen molar-refractivity contribution in [1.29, 1.82) is 5.26 Å². The molecule has 0 saturated carbocycles. The number of nitrogens with zero attached hydrogens (tertiary/aromatic N) is 6. The molecule has 0 atom stereocenters. The highest BCUT2D eigenvalue weighted by atomic mass is 19.1. The quantitative estimate of drug-likeness (QED) is 0.716. The van der Waals surface area contributed by atoms with E-state index in [-0.39, 0.29) is 5.82 Å². The first-order chi connectivity index (χ1) is 14.2. The summed E-state index contributed by atoms with van der Waals surface area (Å²) in [6, 6.07) is 6.88. The number of fused-ring (bicyclic) bond motifs is 1. The Bertz CT molecular complexity index is 1040. The number of halogens is 1. The zero-order valence-electron chi connectivity index (χ0n) is 16.3. The van der Waals surface area contributed by atoms with Gasteiger partial charge in [0.05, 0.1) is 16.8 Å². The van der Waals surface area contributed by atoms with Crippen LogP contribution in [0.3, 0.4) is 0 Å². The van der Waals surface area contributed by atoms with E-state index in [1.807, 2.05) is 13.0 Å². The monoisotopic (exact) mass is 391 g/mol. The molecule has 0 bridgehead atoms. The van der Waals surface area contributed by atoms with Crippen LogP contribution in [0.15, 0.2) is 36.8 Å². The van der Waals surface area contributed by atoms with Crippen LogP contribution >= 0.6 is 0 Å². The zero-order valence-corrected chi connectivity index (χ0v) is 16.3. The molecular weight excluding hydrogens is 369 g/mol. The minimum absolute atomic E-state index is 0.325. The number of hydrogen-bond donors (Lipinski definition) is 1. The van der Waals surface area contributed by atoms with Crippen LogP contribution < -0.4 is 10.2 Å². The Balaban J connectivity index is 1.40. The van der Waals surface area contributed by atoms with E-state index in [9.17, 15) is 9.65 Å². The van der Waals surface area contributed by atoms with Crippen molar-refractivity contribution in [3.8, 4) is 6.07 Å². The first-order valence-electron chi connectivity index (χ1n) is 9.63. The second kappa shape index (κ2) is 8.37. The number of aryl methyl sites for hydroxylation is 1. The van der Waals surface area contributed by atoms with Crippen molar-refractivity contribution in [1.82, 2.24) is 19.9 Å². The van der Waals surface area contributed by atoms with Gasteiger partial charge in [-0.2, -0.15) is 5.26 Å². The van der Waals surface area contributed by atoms with Crippen LogP contribution in [-0.4, -0.2) is 59.1 Å². The molecule has 3 aromatic rings. The molecule has 0 spiro atoms. The highest BCUT2D eigenvalue weighted by Gasteiger charge is 2.18. The van der Waals surface area contributed by atoms with Crippen LogP contribution in [0, 0.1) is 24.1 Å². The molecule has 1 fully saturated rings. The lowest BCUT2D eigenvalue weighted by Crippen LogP contribution is -2.48. The van der Waals surface area contributed by atoms with Crippen molar-refractivity contribution in [2.75, 3.05) is 49.5 Å². The predicted octanol–water partition coefficient (Wildman–Crippen LogP) is 2.58. The van der Waals surface area contributed by atoms with Gasteiger partial charge >= 0.3 is 0 Å². The topological polar surface area (TPSA) is 81.0 Å². The lowest BCUT2D eigenvalue weighted by Gasteiger charge is -2.34. The van der Waals surface area contributed by atoms with Crippen molar-refractivity contribution in [3.63, 3.8) is 0 Å². The first kappa shape index (κ1) is 19.0. The molecule has 0 aliphatic carbocycles. The number of piperazine rings is 1. The number of nitriles is 1. The summed E-state index contributed by atoms with van der Waals surface area (Å²) in [5, 5.41) is 13.4. The molecule has 7 nitrogen and oxygen atoms in total. The molecule has 148 valence electrons. The minimum Gasteiger partial charge on any atom is -0.382 e. The van der Waals surface area contributed by atoms with Crippen molar-refractivity contribution in [2.45, 2.75) is 6.92 Å². The highest BCUT2D eigenvalue weighted by molar-refractivity contribution is 5.95. The Morgan fingerprint density at radius 2 is 1.90 bits per heavy atom. The Morgan fingerprint density at radius 3 is 2.62 bits per heavy atom. The van der Waals surface area contributed by atoms with Crippen molar-refractivity contribution < 1.29 is 4.39 Å². The molecule has 8 heteroatoms. The summed E-state index contributed by atoms with van der Waals surface area (Å²) in [7, 11) is 0. The largest absolute Gasteiger partial charge is 0.382 e. The fraction of sp³-hybridized carbons (Fsp3) is 0.333. The number of benzene rings is 1. The van der Waals surface area contributed by atoms with Gasteiger partial charge in [0.2, 0.25) is 5.95 Å². The normalized spacial score (nSPS) is 14.7. The van der Waals surface area contributed by atoms with Gasteiger partial charge in [0.15, 0.2) is 0 Å². The third-order valence-electron chi connectivity index (χ3n) is 5.18. The maximum absolute atomic E-state index is 13.9. The number of aromatic nitrogens is 3. The van der Waals surface area contributed by atoms with E-state index >= 15 is 0 Å². The molecule has 1 aliphatic heterocycles. The second-order valence-electron chi connectivity index (χ2n) is 7.08. The van der Waals surface area contributed by atoms with Gasteiger partial charge in [0, 0.05) is 63.2 Å². The van der Waals surface area contributed by atoms with Gasteiger partial charge in [-0.1, -0.05) is 0 Å². The predicted molar refractivity (Wildman–Crippen MR) is 110 cm³/mol. The maximum Gasteiger partial charge on any atom is 0.225 e. The van der Waals surface area contributed by atoms with Gasteiger partial charge in [-0.25, -0.2) is 14.4 Å². The Morgan fingerprint density at radius 1 is 1.14 bits per heavy atom. The van der Waals surface area contributed by atoms with Gasteiger partial charge in [-0.15, -0.1) is 0 Å². The van der Waals surface area contributed by atoms with E-state index < -0.39 is 0 Å². The van der Waals surface area contributed by atoms with Gasteiger partial charge in [-0.05, 0) is 30.7 Å². The minimum atomic E-state index is -0.325. The molecule has 0 amide bonds. The van der Waals surface area contributed by atoms with E-state index in [2.05, 4.69) is 36.1 Å². The molecule has 1 aromatic carbocycles. The summed E-state index contributed by atoms with van der Waals surface area (Å²) >= 11 is 0. The van der Waals surface area contributed by atoms with Crippen molar-refractivity contribution in [3.05, 3.63) is 53.7 Å². The fourth-order valence-electron chi connectivity index (χ4n) is 3.68. The van der Waals surface area contributed by atoms with Crippen molar-refractivity contribution in [2.24, 2.45) is 0 Å². The van der Waals surface area contributed by atoms with Crippen LogP contribution in [-0.2, 0) is 0 Å². The molecule has 0 radical (unpaired) electrons. The SMILES string of the molecule is Cc1cc(F)cc2c(NCCN3CCN(c4ncccn4)CC3)c(C#N)cnc12. The van der Waals surface area contributed by atoms with E-state index in [1.165, 1.54) is 12.1 Å². The van der Waals surface area contributed by atoms with E-state index in [1.54, 1.807) is 18.6 Å². The molecule has 4 rings (SSSR count). The molecule has 29 heavy (non-hydrogen) atoms. The summed E-state index contributed by atoms with van der Waals surface area (Å²) in [5.74, 6) is 0.443. The summed E-state index contributed by atoms with van der Waals surface area (Å²) < 4.78 is 13.9. The summed E-state index contributed by atoms with van der Waals surface area (Å²) in [4.78, 5) is 17.5. The van der Waals surface area contributed by atoms with Gasteiger partial charge in [0.1, 0.15) is 11.9 Å². The molecule has 0 unspecified atom stereocenters. The van der Waals surface area contributed by atoms with Crippen LogP contribution in [0.4, 0.5) is 16.0 Å². The summed E-state index contributed by atoms with van der Waals surface area (Å²) in [6.45, 7) is 6.87. The average molecular weight is 391 g/mol. The molecular formula is C21H22FN7. The maximum atomic E-state index is 13.9. The van der Waals surface area contributed by atoms with Crippen LogP contribution in [0.25, 0.3) is 10.9 Å². The lowest BCUT2D eigenvalue weighted by molar-refractivity contribution is 0.266. The number of rotatable bonds is 5. The molecule has 1 N–H and O–H groups in total. The van der Waals surface area contributed by atoms with Gasteiger partial charge in [0.25, 0.3) is 0 Å². The zero-order chi connectivity index (χ0) is 20.2. The molecule has 2 aromatic heterocycles. The van der Waals surface area contributed by atoms with Crippen LogP contribution in [0.2, 0.25) is 0 Å². The van der Waals surface area contributed by atoms with Gasteiger partial charge < -0.3 is 10.2 Å². The lowest BCUT2D eigenvalue weighted by atomic mass is 10.1. The summed E-state index contributed by atoms with van der Waals surface area (Å²) in [5.41, 5.74) is 2.54. The van der Waals surface area contributed by atoms with Gasteiger partial charge in [-0.3, -0.25) is 9.88 Å². The number of anilines is 2. The second-order valence-corrected chi connectivity index (χ2v) is 7.08. The summed E-state index contributed by atoms with van der Waals surface area (Å²) in [6.07, 6.45) is 5.07. The number of pyridine rings is 1. The fourth-order valence-corrected chi connectivity index (χ4v) is 3.68. The van der Waals surface area contributed by atoms with E-state index in [0.717, 1.165) is 44.2 Å². The molecule has 3 heterocycles. The Hall–Kier alpha value is -3.31. The third kappa shape index (κ3) is 4.10. The van der Waals surface area contributed by atoms with E-state index in [0.29, 0.717) is 28.7 Å². The van der Waals surface area contributed by atoms with Crippen LogP contribution in [0.1, 0.15) is 11.1 Å². The number of nitrogens with one attached hydrogen (secondary N) is 1. The van der Waals surface area contributed by atoms with Crippen LogP contribution in [0.5, 0.6) is 0 Å². The third-order valence-corrected chi connectivity index (χ3v) is 5.18. The standard InChI is InChI=1S/C21H22FN7/c1-15-11-17(22)12-18-19(15)27-14-16(13-23)20(18)24-5-6-28-7-9-29(10-8-28)21-25-3-2-4-26-21/h2-4,11-12,14H,5-10H2,1H3,(H,24,27). The molecule has 1 aliphatic rings. The van der Waals surface area contributed by atoms with E-state index in [4.69, 9.17) is 0 Å². The first-order valence-corrected chi connectivity index (χ1v) is 9.63. The molecule has 1 saturated heterocycles. The Kier molecular flexibility index (Phi) is 5.49. The Labute approximate surface area is 168 Å². The van der Waals surface area contributed by atoms with Crippen molar-refractivity contribution >= 4 is 22.5 Å². The number of hydrogen-bond acceptors (Lipinski definition) is 7. The highest BCUT2D eigenvalue weighted by Crippen LogP contribution is 2.28. The smallest absolute Gasteiger partial charge is 0.225 e. The average Bonchev–Trinajstić information content (AvgIpc) is 2.75.